The summed E-state index contributed by atoms with van der Waals surface area (Å²) in [7, 11) is 0. The molecule has 0 aliphatic carbocycles. The SMILES string of the molecule is CCOC(=O)c1[nH]c2c(C(C)O)cccc2c1Br. The van der Waals surface area contributed by atoms with Gasteiger partial charge >= 0.3 is 5.97 Å². The maximum Gasteiger partial charge on any atom is 0.355 e. The molecule has 0 fully saturated rings. The van der Waals surface area contributed by atoms with Crippen LogP contribution in [0.25, 0.3) is 10.9 Å². The zero-order chi connectivity index (χ0) is 13.3. The summed E-state index contributed by atoms with van der Waals surface area (Å²) in [5.41, 5.74) is 1.88. The third-order valence-electron chi connectivity index (χ3n) is 2.73. The van der Waals surface area contributed by atoms with E-state index in [1.165, 1.54) is 0 Å². The van der Waals surface area contributed by atoms with E-state index in [-0.39, 0.29) is 0 Å². The molecule has 1 aromatic heterocycles. The Bertz CT molecular complexity index is 589. The molecule has 2 aromatic rings. The molecule has 0 aliphatic rings. The number of hydrogen-bond acceptors (Lipinski definition) is 3. The fourth-order valence-electron chi connectivity index (χ4n) is 1.90. The number of aliphatic hydroxyl groups is 1. The Morgan fingerprint density at radius 1 is 1.56 bits per heavy atom. The minimum Gasteiger partial charge on any atom is -0.461 e. The molecule has 96 valence electrons. The predicted octanol–water partition coefficient (Wildman–Crippen LogP) is 3.16. The van der Waals surface area contributed by atoms with Crippen molar-refractivity contribution in [3.05, 3.63) is 33.9 Å². The molecule has 2 rings (SSSR count). The van der Waals surface area contributed by atoms with Crippen molar-refractivity contribution in [2.24, 2.45) is 0 Å². The highest BCUT2D eigenvalue weighted by atomic mass is 79.9. The molecule has 1 atom stereocenters. The molecule has 1 unspecified atom stereocenters. The molecule has 0 saturated carbocycles. The van der Waals surface area contributed by atoms with E-state index in [0.717, 1.165) is 16.5 Å². The minimum atomic E-state index is -0.603. The lowest BCUT2D eigenvalue weighted by atomic mass is 10.1. The number of benzene rings is 1. The summed E-state index contributed by atoms with van der Waals surface area (Å²) < 4.78 is 5.64. The number of hydrogen-bond donors (Lipinski definition) is 2. The number of aromatic nitrogens is 1. The van der Waals surface area contributed by atoms with E-state index in [0.29, 0.717) is 16.8 Å². The Kier molecular flexibility index (Phi) is 3.73. The number of aliphatic hydroxyl groups excluding tert-OH is 1. The number of ether oxygens (including phenoxy) is 1. The lowest BCUT2D eigenvalue weighted by Gasteiger charge is -2.05. The standard InChI is InChI=1S/C13H14BrNO3/c1-3-18-13(17)12-10(14)9-6-4-5-8(7(2)16)11(9)15-12/h4-7,15-16H,3H2,1-2H3. The van der Waals surface area contributed by atoms with Gasteiger partial charge in [0.2, 0.25) is 0 Å². The fraction of sp³-hybridized carbons (Fsp3) is 0.308. The predicted molar refractivity (Wildman–Crippen MR) is 72.6 cm³/mol. The molecule has 0 bridgehead atoms. The van der Waals surface area contributed by atoms with E-state index >= 15 is 0 Å². The maximum atomic E-state index is 11.8. The molecular formula is C13H14BrNO3. The Hall–Kier alpha value is -1.33. The van der Waals surface area contributed by atoms with Gasteiger partial charge in [-0.2, -0.15) is 0 Å². The molecule has 0 spiro atoms. The van der Waals surface area contributed by atoms with Crippen molar-refractivity contribution in [2.75, 3.05) is 6.61 Å². The number of halogens is 1. The zero-order valence-corrected chi connectivity index (χ0v) is 11.7. The van der Waals surface area contributed by atoms with Gasteiger partial charge in [0.15, 0.2) is 0 Å². The van der Waals surface area contributed by atoms with Gasteiger partial charge in [-0.3, -0.25) is 0 Å². The highest BCUT2D eigenvalue weighted by molar-refractivity contribution is 9.10. The number of rotatable bonds is 3. The highest BCUT2D eigenvalue weighted by Crippen LogP contribution is 2.32. The van der Waals surface area contributed by atoms with Crippen molar-refractivity contribution >= 4 is 32.8 Å². The van der Waals surface area contributed by atoms with E-state index in [2.05, 4.69) is 20.9 Å². The van der Waals surface area contributed by atoms with Crippen molar-refractivity contribution in [1.29, 1.82) is 0 Å². The van der Waals surface area contributed by atoms with Gasteiger partial charge in [0.1, 0.15) is 5.69 Å². The van der Waals surface area contributed by atoms with Crippen LogP contribution in [-0.2, 0) is 4.74 Å². The number of nitrogens with one attached hydrogen (secondary N) is 1. The average molecular weight is 312 g/mol. The summed E-state index contributed by atoms with van der Waals surface area (Å²) in [5, 5.41) is 10.6. The van der Waals surface area contributed by atoms with Gasteiger partial charge in [0.05, 0.1) is 22.7 Å². The van der Waals surface area contributed by atoms with E-state index in [1.807, 2.05) is 18.2 Å². The Morgan fingerprint density at radius 3 is 2.89 bits per heavy atom. The molecule has 5 heteroatoms. The first-order valence-corrected chi connectivity index (χ1v) is 6.50. The fourth-order valence-corrected chi connectivity index (χ4v) is 2.49. The number of carbonyl (C=O) groups is 1. The lowest BCUT2D eigenvalue weighted by Crippen LogP contribution is -2.05. The summed E-state index contributed by atoms with van der Waals surface area (Å²) in [5.74, 6) is -0.405. The summed E-state index contributed by atoms with van der Waals surface area (Å²) in [6.07, 6.45) is -0.603. The van der Waals surface area contributed by atoms with Crippen molar-refractivity contribution in [1.82, 2.24) is 4.98 Å². The Morgan fingerprint density at radius 2 is 2.28 bits per heavy atom. The topological polar surface area (TPSA) is 62.3 Å². The van der Waals surface area contributed by atoms with Crippen LogP contribution in [0.3, 0.4) is 0 Å². The van der Waals surface area contributed by atoms with Crippen molar-refractivity contribution in [3.8, 4) is 0 Å². The van der Waals surface area contributed by atoms with Crippen LogP contribution < -0.4 is 0 Å². The number of carbonyl (C=O) groups excluding carboxylic acids is 1. The quantitative estimate of drug-likeness (QED) is 0.856. The second-order valence-corrected chi connectivity index (χ2v) is 4.77. The van der Waals surface area contributed by atoms with Crippen LogP contribution in [0.4, 0.5) is 0 Å². The third kappa shape index (κ3) is 2.15. The number of para-hydroxylation sites is 1. The zero-order valence-electron chi connectivity index (χ0n) is 10.2. The normalized spacial score (nSPS) is 12.7. The molecule has 4 nitrogen and oxygen atoms in total. The third-order valence-corrected chi connectivity index (χ3v) is 3.56. The van der Waals surface area contributed by atoms with Crippen LogP contribution in [0.2, 0.25) is 0 Å². The first-order chi connectivity index (χ1) is 8.56. The van der Waals surface area contributed by atoms with Crippen molar-refractivity contribution < 1.29 is 14.6 Å². The summed E-state index contributed by atoms with van der Waals surface area (Å²) in [6, 6.07) is 5.55. The number of aromatic amines is 1. The summed E-state index contributed by atoms with van der Waals surface area (Å²) in [6.45, 7) is 3.77. The van der Waals surface area contributed by atoms with Crippen molar-refractivity contribution in [2.45, 2.75) is 20.0 Å². The monoisotopic (exact) mass is 311 g/mol. The molecule has 0 aliphatic heterocycles. The van der Waals surface area contributed by atoms with Crippen LogP contribution in [0.15, 0.2) is 22.7 Å². The Balaban J connectivity index is 2.62. The second kappa shape index (κ2) is 5.12. The summed E-state index contributed by atoms with van der Waals surface area (Å²) in [4.78, 5) is 14.8. The first kappa shape index (κ1) is 13.1. The molecular weight excluding hydrogens is 298 g/mol. The smallest absolute Gasteiger partial charge is 0.355 e. The molecule has 0 radical (unpaired) electrons. The largest absolute Gasteiger partial charge is 0.461 e. The molecule has 2 N–H and O–H groups in total. The van der Waals surface area contributed by atoms with Gasteiger partial charge < -0.3 is 14.8 Å². The molecule has 18 heavy (non-hydrogen) atoms. The Labute approximate surface area is 113 Å². The van der Waals surface area contributed by atoms with E-state index in [9.17, 15) is 9.90 Å². The van der Waals surface area contributed by atoms with E-state index in [4.69, 9.17) is 4.74 Å². The van der Waals surface area contributed by atoms with Gasteiger partial charge in [-0.25, -0.2) is 4.79 Å². The first-order valence-electron chi connectivity index (χ1n) is 5.71. The molecule has 1 aromatic carbocycles. The number of H-pyrrole nitrogens is 1. The van der Waals surface area contributed by atoms with Gasteiger partial charge in [-0.1, -0.05) is 18.2 Å². The molecule has 0 amide bonds. The number of esters is 1. The highest BCUT2D eigenvalue weighted by Gasteiger charge is 2.19. The van der Waals surface area contributed by atoms with Crippen LogP contribution in [0.1, 0.15) is 36.0 Å². The van der Waals surface area contributed by atoms with Gasteiger partial charge in [0.25, 0.3) is 0 Å². The minimum absolute atomic E-state index is 0.323. The van der Waals surface area contributed by atoms with Crippen LogP contribution in [0.5, 0.6) is 0 Å². The van der Waals surface area contributed by atoms with Gasteiger partial charge in [0, 0.05) is 10.9 Å². The van der Waals surface area contributed by atoms with E-state index in [1.54, 1.807) is 13.8 Å². The van der Waals surface area contributed by atoms with Crippen LogP contribution in [0, 0.1) is 0 Å². The van der Waals surface area contributed by atoms with Crippen LogP contribution in [-0.4, -0.2) is 22.7 Å². The van der Waals surface area contributed by atoms with Gasteiger partial charge in [-0.05, 0) is 29.8 Å². The summed E-state index contributed by atoms with van der Waals surface area (Å²) >= 11 is 3.39. The van der Waals surface area contributed by atoms with Crippen LogP contribution >= 0.6 is 15.9 Å². The second-order valence-electron chi connectivity index (χ2n) is 3.98. The maximum absolute atomic E-state index is 11.8. The number of fused-ring (bicyclic) bond motifs is 1. The van der Waals surface area contributed by atoms with Crippen molar-refractivity contribution in [3.63, 3.8) is 0 Å². The lowest BCUT2D eigenvalue weighted by molar-refractivity contribution is 0.0519. The van der Waals surface area contributed by atoms with Gasteiger partial charge in [-0.15, -0.1) is 0 Å². The van der Waals surface area contributed by atoms with E-state index < -0.39 is 12.1 Å². The molecule has 0 saturated heterocycles. The average Bonchev–Trinajstić information content (AvgIpc) is 2.67. The molecule has 1 heterocycles.